The second-order valence-electron chi connectivity index (χ2n) is 5.76. The first kappa shape index (κ1) is 17.2. The minimum absolute atomic E-state index is 0.0428. The summed E-state index contributed by atoms with van der Waals surface area (Å²) in [7, 11) is 0. The number of thiazole rings is 1. The molecule has 7 heteroatoms. The molecule has 0 amide bonds. The predicted octanol–water partition coefficient (Wildman–Crippen LogP) is 3.81. The average Bonchev–Trinajstić information content (AvgIpc) is 2.71. The van der Waals surface area contributed by atoms with E-state index in [1.54, 1.807) is 0 Å². The van der Waals surface area contributed by atoms with Gasteiger partial charge in [0.25, 0.3) is 0 Å². The smallest absolute Gasteiger partial charge is 0.339 e. The van der Waals surface area contributed by atoms with Crippen molar-refractivity contribution in [2.24, 2.45) is 0 Å². The molecule has 116 valence electrons. The maximum atomic E-state index is 12.5. The molecule has 0 spiro atoms. The van der Waals surface area contributed by atoms with Crippen molar-refractivity contribution in [2.75, 3.05) is 18.0 Å². The topological polar surface area (TPSA) is 28.2 Å². The van der Waals surface area contributed by atoms with Crippen molar-refractivity contribution < 1.29 is 13.2 Å². The third-order valence-corrected chi connectivity index (χ3v) is 3.42. The summed E-state index contributed by atoms with van der Waals surface area (Å²) in [6.45, 7) is 7.94. The molecule has 0 aliphatic heterocycles. The highest BCUT2D eigenvalue weighted by atomic mass is 32.1. The molecule has 0 aliphatic rings. The Labute approximate surface area is 122 Å². The van der Waals surface area contributed by atoms with Crippen molar-refractivity contribution in [1.82, 2.24) is 10.3 Å². The maximum absolute atomic E-state index is 12.5. The fraction of sp³-hybridized carbons (Fsp3) is 0.769. The Bertz CT molecular complexity index is 410. The van der Waals surface area contributed by atoms with Crippen LogP contribution in [0.3, 0.4) is 0 Å². The molecule has 0 saturated carbocycles. The second kappa shape index (κ2) is 6.76. The summed E-state index contributed by atoms with van der Waals surface area (Å²) in [5.74, 6) is 0. The van der Waals surface area contributed by atoms with Crippen molar-refractivity contribution in [1.29, 1.82) is 0 Å². The molecule has 0 aliphatic carbocycles. The van der Waals surface area contributed by atoms with E-state index in [1.807, 2.05) is 33.1 Å². The number of aromatic nitrogens is 1. The van der Waals surface area contributed by atoms with Gasteiger partial charge in [-0.3, -0.25) is 0 Å². The van der Waals surface area contributed by atoms with Gasteiger partial charge in [0.05, 0.1) is 5.69 Å². The van der Waals surface area contributed by atoms with Gasteiger partial charge in [-0.2, -0.15) is 13.2 Å². The molecule has 3 nitrogen and oxygen atoms in total. The van der Waals surface area contributed by atoms with Gasteiger partial charge in [-0.1, -0.05) is 6.92 Å². The summed E-state index contributed by atoms with van der Waals surface area (Å²) in [5, 5.41) is 5.53. The van der Waals surface area contributed by atoms with Crippen molar-refractivity contribution in [2.45, 2.75) is 52.4 Å². The zero-order valence-electron chi connectivity index (χ0n) is 12.3. The zero-order valence-corrected chi connectivity index (χ0v) is 13.2. The molecule has 0 atom stereocenters. The van der Waals surface area contributed by atoms with E-state index in [4.69, 9.17) is 0 Å². The highest BCUT2D eigenvalue weighted by molar-refractivity contribution is 7.13. The lowest BCUT2D eigenvalue weighted by atomic mass is 10.1. The van der Waals surface area contributed by atoms with Crippen molar-refractivity contribution in [3.63, 3.8) is 0 Å². The van der Waals surface area contributed by atoms with E-state index < -0.39 is 12.7 Å². The fourth-order valence-electron chi connectivity index (χ4n) is 1.61. The largest absolute Gasteiger partial charge is 0.406 e. The van der Waals surface area contributed by atoms with Crippen LogP contribution in [0.2, 0.25) is 0 Å². The highest BCUT2D eigenvalue weighted by Crippen LogP contribution is 2.25. The van der Waals surface area contributed by atoms with Gasteiger partial charge in [-0.25, -0.2) is 4.98 Å². The van der Waals surface area contributed by atoms with Crippen LogP contribution >= 0.6 is 11.3 Å². The third kappa shape index (κ3) is 6.56. The number of rotatable bonds is 6. The molecule has 1 rings (SSSR count). The van der Waals surface area contributed by atoms with Gasteiger partial charge >= 0.3 is 6.18 Å². The molecule has 1 aromatic heterocycles. The van der Waals surface area contributed by atoms with Gasteiger partial charge in [0.1, 0.15) is 6.54 Å². The molecule has 0 saturated heterocycles. The predicted molar refractivity (Wildman–Crippen MR) is 77.3 cm³/mol. The Morgan fingerprint density at radius 1 is 1.30 bits per heavy atom. The van der Waals surface area contributed by atoms with Crippen molar-refractivity contribution in [3.05, 3.63) is 11.1 Å². The summed E-state index contributed by atoms with van der Waals surface area (Å²) in [5.41, 5.74) is 0.738. The molecule has 1 heterocycles. The number of nitrogens with zero attached hydrogens (tertiary/aromatic N) is 2. The molecule has 20 heavy (non-hydrogen) atoms. The van der Waals surface area contributed by atoms with Crippen molar-refractivity contribution >= 4 is 16.5 Å². The van der Waals surface area contributed by atoms with Gasteiger partial charge in [-0.05, 0) is 27.2 Å². The number of alkyl halides is 3. The Morgan fingerprint density at radius 3 is 2.45 bits per heavy atom. The zero-order chi connectivity index (χ0) is 15.4. The normalized spacial score (nSPS) is 12.8. The van der Waals surface area contributed by atoms with E-state index in [2.05, 4.69) is 10.3 Å². The molecule has 0 fully saturated rings. The first-order valence-electron chi connectivity index (χ1n) is 6.62. The second-order valence-corrected chi connectivity index (χ2v) is 6.60. The molecular formula is C13H22F3N3S. The summed E-state index contributed by atoms with van der Waals surface area (Å²) < 4.78 is 37.6. The molecular weight excluding hydrogens is 287 g/mol. The maximum Gasteiger partial charge on any atom is 0.406 e. The van der Waals surface area contributed by atoms with Crippen LogP contribution in [0, 0.1) is 0 Å². The number of hydrogen-bond acceptors (Lipinski definition) is 4. The number of anilines is 1. The lowest BCUT2D eigenvalue weighted by Crippen LogP contribution is -2.36. The van der Waals surface area contributed by atoms with Gasteiger partial charge < -0.3 is 10.2 Å². The fourth-order valence-corrected chi connectivity index (χ4v) is 2.46. The lowest BCUT2D eigenvalue weighted by Gasteiger charge is -2.22. The molecule has 1 N–H and O–H groups in total. The molecule has 0 radical (unpaired) electrons. The number of nitrogens with one attached hydrogen (secondary N) is 1. The molecule has 0 unspecified atom stereocenters. The van der Waals surface area contributed by atoms with E-state index >= 15 is 0 Å². The minimum atomic E-state index is -4.20. The summed E-state index contributed by atoms with van der Waals surface area (Å²) in [6, 6.07) is 0. The molecule has 0 bridgehead atoms. The van der Waals surface area contributed by atoms with E-state index in [1.165, 1.54) is 16.2 Å². The summed E-state index contributed by atoms with van der Waals surface area (Å²) >= 11 is 1.26. The quantitative estimate of drug-likeness (QED) is 0.866. The first-order chi connectivity index (χ1) is 9.11. The highest BCUT2D eigenvalue weighted by Gasteiger charge is 2.31. The Kier molecular flexibility index (Phi) is 5.82. The molecule has 1 aromatic rings. The van der Waals surface area contributed by atoms with E-state index in [0.717, 1.165) is 5.69 Å². The summed E-state index contributed by atoms with van der Waals surface area (Å²) in [4.78, 5) is 5.60. The SMILES string of the molecule is CCCN(CC(F)(F)F)c1nc(CNC(C)(C)C)cs1. The Hall–Kier alpha value is -0.820. The van der Waals surface area contributed by atoms with Crippen molar-refractivity contribution in [3.8, 4) is 0 Å². The van der Waals surface area contributed by atoms with E-state index in [9.17, 15) is 13.2 Å². The van der Waals surface area contributed by atoms with Crippen LogP contribution in [0.4, 0.5) is 18.3 Å². The Balaban J connectivity index is 2.71. The van der Waals surface area contributed by atoms with E-state index in [-0.39, 0.29) is 5.54 Å². The van der Waals surface area contributed by atoms with E-state index in [0.29, 0.717) is 24.6 Å². The standard InChI is InChI=1S/C13H22F3N3S/c1-5-6-19(9-13(14,15)16)11-18-10(8-20-11)7-17-12(2,3)4/h8,17H,5-7,9H2,1-4H3. The van der Waals surface area contributed by atoms with Crippen LogP contribution in [0.15, 0.2) is 5.38 Å². The lowest BCUT2D eigenvalue weighted by molar-refractivity contribution is -0.119. The van der Waals surface area contributed by atoms with Crippen LogP contribution < -0.4 is 10.2 Å². The minimum Gasteiger partial charge on any atom is -0.339 e. The Morgan fingerprint density at radius 2 is 1.95 bits per heavy atom. The number of hydrogen-bond donors (Lipinski definition) is 1. The summed E-state index contributed by atoms with van der Waals surface area (Å²) in [6.07, 6.45) is -3.55. The van der Waals surface area contributed by atoms with Gasteiger partial charge in [0, 0.05) is 24.0 Å². The van der Waals surface area contributed by atoms with Gasteiger partial charge in [-0.15, -0.1) is 11.3 Å². The van der Waals surface area contributed by atoms with Gasteiger partial charge in [0.2, 0.25) is 0 Å². The first-order valence-corrected chi connectivity index (χ1v) is 7.50. The number of halogens is 3. The average molecular weight is 309 g/mol. The third-order valence-electron chi connectivity index (χ3n) is 2.47. The van der Waals surface area contributed by atoms with Crippen LogP contribution in [-0.4, -0.2) is 29.8 Å². The molecule has 0 aromatic carbocycles. The van der Waals surface area contributed by atoms with Crippen LogP contribution in [0.25, 0.3) is 0 Å². The van der Waals surface area contributed by atoms with Gasteiger partial charge in [0.15, 0.2) is 5.13 Å². The van der Waals surface area contributed by atoms with Crippen LogP contribution in [0.1, 0.15) is 39.8 Å². The van der Waals surface area contributed by atoms with Crippen LogP contribution in [-0.2, 0) is 6.54 Å². The monoisotopic (exact) mass is 309 g/mol. The van der Waals surface area contributed by atoms with Crippen LogP contribution in [0.5, 0.6) is 0 Å².